The Labute approximate surface area is 125 Å². The lowest BCUT2D eigenvalue weighted by atomic mass is 9.82. The van der Waals surface area contributed by atoms with Gasteiger partial charge in [0.2, 0.25) is 15.9 Å². The van der Waals surface area contributed by atoms with Gasteiger partial charge in [0.1, 0.15) is 0 Å². The third-order valence-corrected chi connectivity index (χ3v) is 4.46. The average Bonchev–Trinajstić information content (AvgIpc) is 2.40. The van der Waals surface area contributed by atoms with Gasteiger partial charge in [-0.2, -0.15) is 0 Å². The third-order valence-electron chi connectivity index (χ3n) is 3.73. The lowest BCUT2D eigenvalue weighted by molar-refractivity contribution is -0.125. The minimum atomic E-state index is -3.54. The number of amides is 1. The number of nitrogens with one attached hydrogen (secondary N) is 2. The number of carbonyl (C=O) groups is 1. The molecule has 116 valence electrons. The van der Waals surface area contributed by atoms with Crippen LogP contribution in [-0.4, -0.2) is 27.4 Å². The maximum Gasteiger partial charge on any atom is 0.231 e. The van der Waals surface area contributed by atoms with Crippen LogP contribution in [-0.2, 0) is 20.6 Å². The summed E-state index contributed by atoms with van der Waals surface area (Å²) in [7, 11) is -3.54. The highest BCUT2D eigenvalue weighted by Crippen LogP contribution is 2.27. The third kappa shape index (κ3) is 4.52. The smallest absolute Gasteiger partial charge is 0.231 e. The Morgan fingerprint density at radius 3 is 2.57 bits per heavy atom. The second-order valence-electron chi connectivity index (χ2n) is 5.80. The van der Waals surface area contributed by atoms with Gasteiger partial charge in [0.05, 0.1) is 11.2 Å². The first-order chi connectivity index (χ1) is 9.78. The van der Waals surface area contributed by atoms with Gasteiger partial charge in [-0.05, 0) is 44.0 Å². The van der Waals surface area contributed by atoms with E-state index in [4.69, 9.17) is 5.14 Å². The zero-order valence-electron chi connectivity index (χ0n) is 12.1. The Hall–Kier alpha value is -1.44. The van der Waals surface area contributed by atoms with E-state index in [0.717, 1.165) is 19.4 Å². The van der Waals surface area contributed by atoms with Crippen LogP contribution in [0.3, 0.4) is 0 Å². The van der Waals surface area contributed by atoms with Gasteiger partial charge in [-0.3, -0.25) is 4.79 Å². The first kappa shape index (κ1) is 15.9. The number of carbonyl (C=O) groups excluding carboxylic acids is 1. The fourth-order valence-electron chi connectivity index (χ4n) is 2.45. The number of hydrogen-bond acceptors (Lipinski definition) is 4. The number of piperidine rings is 1. The number of anilines is 1. The molecular weight excluding hydrogens is 290 g/mol. The van der Waals surface area contributed by atoms with E-state index >= 15 is 0 Å². The predicted molar refractivity (Wildman–Crippen MR) is 82.1 cm³/mol. The van der Waals surface area contributed by atoms with Crippen molar-refractivity contribution in [2.75, 3.05) is 18.4 Å². The zero-order valence-corrected chi connectivity index (χ0v) is 12.9. The summed E-state index contributed by atoms with van der Waals surface area (Å²) in [6.07, 6.45) is 1.84. The molecule has 0 aromatic heterocycles. The summed E-state index contributed by atoms with van der Waals surface area (Å²) in [5.41, 5.74) is 0.850. The molecule has 0 saturated carbocycles. The molecule has 0 radical (unpaired) electrons. The van der Waals surface area contributed by atoms with E-state index in [9.17, 15) is 13.2 Å². The fourth-order valence-corrected chi connectivity index (χ4v) is 3.11. The molecule has 21 heavy (non-hydrogen) atoms. The van der Waals surface area contributed by atoms with E-state index < -0.39 is 15.4 Å². The summed E-state index contributed by atoms with van der Waals surface area (Å²) >= 11 is 0. The summed E-state index contributed by atoms with van der Waals surface area (Å²) in [5, 5.41) is 11.1. The molecule has 1 saturated heterocycles. The molecule has 1 unspecified atom stereocenters. The molecule has 1 aromatic carbocycles. The van der Waals surface area contributed by atoms with Crippen molar-refractivity contribution in [1.29, 1.82) is 0 Å². The minimum Gasteiger partial charge on any atom is -0.326 e. The summed E-state index contributed by atoms with van der Waals surface area (Å²) in [6.45, 7) is 3.57. The van der Waals surface area contributed by atoms with Gasteiger partial charge in [-0.15, -0.1) is 0 Å². The van der Waals surface area contributed by atoms with Crippen LogP contribution in [0.25, 0.3) is 0 Å². The van der Waals surface area contributed by atoms with Crippen molar-refractivity contribution in [2.45, 2.75) is 25.5 Å². The largest absolute Gasteiger partial charge is 0.326 e. The number of rotatable bonds is 4. The van der Waals surface area contributed by atoms with Crippen LogP contribution in [0.4, 0.5) is 5.69 Å². The van der Waals surface area contributed by atoms with Crippen molar-refractivity contribution >= 4 is 21.6 Å². The second-order valence-corrected chi connectivity index (χ2v) is 7.41. The first-order valence-electron chi connectivity index (χ1n) is 6.90. The molecule has 1 heterocycles. The van der Waals surface area contributed by atoms with Crippen LogP contribution in [0, 0.1) is 5.41 Å². The molecule has 1 fully saturated rings. The average molecular weight is 311 g/mol. The number of sulfonamides is 1. The van der Waals surface area contributed by atoms with Crippen molar-refractivity contribution < 1.29 is 13.2 Å². The van der Waals surface area contributed by atoms with Crippen LogP contribution in [0.15, 0.2) is 24.3 Å². The molecule has 6 nitrogen and oxygen atoms in total. The second kappa shape index (κ2) is 6.13. The van der Waals surface area contributed by atoms with Crippen LogP contribution in [0.2, 0.25) is 0 Å². The first-order valence-corrected chi connectivity index (χ1v) is 8.62. The standard InChI is InChI=1S/C14H21N3O3S/c1-14(7-2-8-16-10-14)13(18)17-12-5-3-11(4-6-12)9-21(15,19)20/h3-6,16H,2,7-10H2,1H3,(H,17,18)(H2,15,19,20). The van der Waals surface area contributed by atoms with E-state index in [-0.39, 0.29) is 11.7 Å². The lowest BCUT2D eigenvalue weighted by Gasteiger charge is -2.32. The molecule has 7 heteroatoms. The van der Waals surface area contributed by atoms with Crippen molar-refractivity contribution in [1.82, 2.24) is 5.32 Å². The highest BCUT2D eigenvalue weighted by atomic mass is 32.2. The summed E-state index contributed by atoms with van der Waals surface area (Å²) in [6, 6.07) is 6.69. The Bertz CT molecular complexity index is 605. The van der Waals surface area contributed by atoms with Crippen molar-refractivity contribution in [3.63, 3.8) is 0 Å². The van der Waals surface area contributed by atoms with Crippen molar-refractivity contribution in [3.05, 3.63) is 29.8 Å². The Kier molecular flexibility index (Phi) is 4.65. The van der Waals surface area contributed by atoms with Gasteiger partial charge < -0.3 is 10.6 Å². The summed E-state index contributed by atoms with van der Waals surface area (Å²) in [5.74, 6) is -0.225. The molecule has 1 aliphatic heterocycles. The Morgan fingerprint density at radius 2 is 2.05 bits per heavy atom. The number of benzene rings is 1. The molecule has 2 rings (SSSR count). The topological polar surface area (TPSA) is 101 Å². The molecule has 1 aliphatic rings. The van der Waals surface area contributed by atoms with Crippen molar-refractivity contribution in [3.8, 4) is 0 Å². The molecule has 0 spiro atoms. The Balaban J connectivity index is 2.01. The van der Waals surface area contributed by atoms with Gasteiger partial charge >= 0.3 is 0 Å². The molecule has 4 N–H and O–H groups in total. The van der Waals surface area contributed by atoms with Crippen LogP contribution in [0.1, 0.15) is 25.3 Å². The van der Waals surface area contributed by atoms with Gasteiger partial charge in [-0.25, -0.2) is 13.6 Å². The molecule has 1 atom stereocenters. The summed E-state index contributed by atoms with van der Waals surface area (Å²) < 4.78 is 22.0. The zero-order chi connectivity index (χ0) is 15.5. The highest BCUT2D eigenvalue weighted by molar-refractivity contribution is 7.88. The lowest BCUT2D eigenvalue weighted by Crippen LogP contribution is -2.46. The highest BCUT2D eigenvalue weighted by Gasteiger charge is 2.34. The van der Waals surface area contributed by atoms with Gasteiger partial charge in [0, 0.05) is 12.2 Å². The Morgan fingerprint density at radius 1 is 1.38 bits per heavy atom. The van der Waals surface area contributed by atoms with E-state index in [0.29, 0.717) is 17.8 Å². The fraction of sp³-hybridized carbons (Fsp3) is 0.500. The maximum absolute atomic E-state index is 12.3. The van der Waals surface area contributed by atoms with Crippen molar-refractivity contribution in [2.24, 2.45) is 10.6 Å². The normalized spacial score (nSPS) is 22.8. The van der Waals surface area contributed by atoms with E-state index in [1.807, 2.05) is 6.92 Å². The molecule has 1 amide bonds. The predicted octanol–water partition coefficient (Wildman–Crippen LogP) is 0.803. The molecule has 0 aliphatic carbocycles. The maximum atomic E-state index is 12.3. The quantitative estimate of drug-likeness (QED) is 0.765. The van der Waals surface area contributed by atoms with Gasteiger partial charge in [-0.1, -0.05) is 12.1 Å². The van der Waals surface area contributed by atoms with E-state index in [2.05, 4.69) is 10.6 Å². The van der Waals surface area contributed by atoms with E-state index in [1.165, 1.54) is 0 Å². The van der Waals surface area contributed by atoms with E-state index in [1.54, 1.807) is 24.3 Å². The van der Waals surface area contributed by atoms with Crippen LogP contribution < -0.4 is 15.8 Å². The molecular formula is C14H21N3O3S. The van der Waals surface area contributed by atoms with Crippen LogP contribution in [0.5, 0.6) is 0 Å². The molecule has 1 aromatic rings. The minimum absolute atomic E-state index is 0.0195. The molecule has 0 bridgehead atoms. The SMILES string of the molecule is CC1(C(=O)Nc2ccc(CS(N)(=O)=O)cc2)CCCNC1. The summed E-state index contributed by atoms with van der Waals surface area (Å²) in [4.78, 5) is 12.3. The van der Waals surface area contributed by atoms with Gasteiger partial charge in [0.25, 0.3) is 0 Å². The number of primary sulfonamides is 1. The number of hydrogen-bond donors (Lipinski definition) is 3. The van der Waals surface area contributed by atoms with Gasteiger partial charge in [0.15, 0.2) is 0 Å². The van der Waals surface area contributed by atoms with Crippen LogP contribution >= 0.6 is 0 Å². The monoisotopic (exact) mass is 311 g/mol. The number of nitrogens with two attached hydrogens (primary N) is 1.